The second kappa shape index (κ2) is 5.93. The Morgan fingerprint density at radius 1 is 1.16 bits per heavy atom. The first-order chi connectivity index (χ1) is 11.8. The van der Waals surface area contributed by atoms with Crippen molar-refractivity contribution in [1.82, 2.24) is 9.38 Å². The molecule has 4 aromatic rings. The van der Waals surface area contributed by atoms with E-state index in [-0.39, 0.29) is 11.3 Å². The van der Waals surface area contributed by atoms with Crippen LogP contribution in [-0.2, 0) is 0 Å². The van der Waals surface area contributed by atoms with Gasteiger partial charge in [-0.3, -0.25) is 4.79 Å². The van der Waals surface area contributed by atoms with Crippen molar-refractivity contribution in [2.45, 2.75) is 13.8 Å². The Bertz CT molecular complexity index is 1270. The second-order valence-corrected chi connectivity index (χ2v) is 8.68. The van der Waals surface area contributed by atoms with E-state index in [4.69, 9.17) is 0 Å². The number of hydrogen-bond acceptors (Lipinski definition) is 4. The Labute approximate surface area is 163 Å². The summed E-state index contributed by atoms with van der Waals surface area (Å²) in [7, 11) is 0. The van der Waals surface area contributed by atoms with Crippen LogP contribution in [0, 0.1) is 13.8 Å². The lowest BCUT2D eigenvalue weighted by atomic mass is 10.1. The van der Waals surface area contributed by atoms with Crippen molar-refractivity contribution in [1.29, 1.82) is 0 Å². The van der Waals surface area contributed by atoms with Gasteiger partial charge in [0.25, 0.3) is 5.56 Å². The molecule has 0 aliphatic rings. The summed E-state index contributed by atoms with van der Waals surface area (Å²) in [6.07, 6.45) is 1.69. The number of thiazole rings is 1. The molecule has 0 radical (unpaired) electrons. The fraction of sp³-hybridized carbons (Fsp3) is 0.111. The Kier molecular flexibility index (Phi) is 3.97. The van der Waals surface area contributed by atoms with E-state index in [1.807, 2.05) is 26.0 Å². The van der Waals surface area contributed by atoms with E-state index in [0.29, 0.717) is 19.5 Å². The first-order valence-electron chi connectivity index (χ1n) is 7.47. The molecule has 2 aromatic carbocycles. The van der Waals surface area contributed by atoms with Crippen LogP contribution in [0.4, 0.5) is 0 Å². The summed E-state index contributed by atoms with van der Waals surface area (Å²) < 4.78 is 3.55. The van der Waals surface area contributed by atoms with Gasteiger partial charge in [-0.25, -0.2) is 9.38 Å². The third kappa shape index (κ3) is 2.70. The molecule has 7 heteroatoms. The minimum atomic E-state index is -0.124. The Hall–Kier alpha value is -1.70. The number of aromatic nitrogens is 2. The second-order valence-electron chi connectivity index (χ2n) is 5.90. The van der Waals surface area contributed by atoms with Crippen molar-refractivity contribution in [2.24, 2.45) is 0 Å². The molecule has 0 saturated carbocycles. The number of rotatable bonds is 1. The number of phenolic OH excluding ortho intramolecular Hbond substituents is 1. The maximum absolute atomic E-state index is 12.9. The van der Waals surface area contributed by atoms with Gasteiger partial charge in [-0.2, -0.15) is 0 Å². The zero-order valence-electron chi connectivity index (χ0n) is 13.3. The molecule has 0 amide bonds. The number of aryl methyl sites for hydroxylation is 2. The molecule has 126 valence electrons. The van der Waals surface area contributed by atoms with Crippen LogP contribution in [0.25, 0.3) is 22.1 Å². The molecule has 0 spiro atoms. The van der Waals surface area contributed by atoms with E-state index in [0.717, 1.165) is 26.6 Å². The zero-order chi connectivity index (χ0) is 17.9. The van der Waals surface area contributed by atoms with E-state index < -0.39 is 0 Å². The van der Waals surface area contributed by atoms with Gasteiger partial charge in [-0.15, -0.1) is 0 Å². The molecule has 0 aliphatic carbocycles. The van der Waals surface area contributed by atoms with Crippen LogP contribution in [0.3, 0.4) is 0 Å². The molecule has 0 atom stereocenters. The molecule has 1 N–H and O–H groups in total. The lowest BCUT2D eigenvalue weighted by Gasteiger charge is -2.02. The smallest absolute Gasteiger partial charge is 0.274 e. The molecule has 0 saturated heterocycles. The lowest BCUT2D eigenvalue weighted by molar-refractivity contribution is 0.470. The van der Waals surface area contributed by atoms with Crippen LogP contribution in [0.5, 0.6) is 5.75 Å². The van der Waals surface area contributed by atoms with E-state index >= 15 is 0 Å². The quantitative estimate of drug-likeness (QED) is 0.442. The van der Waals surface area contributed by atoms with Gasteiger partial charge in [0.05, 0.1) is 20.0 Å². The summed E-state index contributed by atoms with van der Waals surface area (Å²) in [4.78, 5) is 18.1. The monoisotopic (exact) mass is 478 g/mol. The maximum atomic E-state index is 12.9. The average Bonchev–Trinajstić information content (AvgIpc) is 3.02. The minimum Gasteiger partial charge on any atom is -0.506 e. The van der Waals surface area contributed by atoms with E-state index in [2.05, 4.69) is 36.8 Å². The lowest BCUT2D eigenvalue weighted by Crippen LogP contribution is -2.22. The van der Waals surface area contributed by atoms with Crippen LogP contribution in [-0.4, -0.2) is 14.5 Å². The van der Waals surface area contributed by atoms with Crippen molar-refractivity contribution < 1.29 is 5.11 Å². The van der Waals surface area contributed by atoms with Gasteiger partial charge in [-0.1, -0.05) is 27.3 Å². The fourth-order valence-corrected chi connectivity index (χ4v) is 4.99. The number of aromatic hydroxyl groups is 1. The highest BCUT2D eigenvalue weighted by atomic mass is 79.9. The number of nitrogens with zero attached hydrogens (tertiary/aromatic N) is 2. The SMILES string of the molecule is Cc1cc2nc3s/c(=C\c4cc(Br)cc(Br)c4O)c(=O)n3c2cc1C. The standard InChI is InChI=1S/C18H12Br2N2O2S/c1-8-3-13-14(4-9(8)2)22-17(24)15(25-18(22)21-13)6-10-5-11(19)7-12(20)16(10)23/h3-7,23H,1-2H3/b15-6-. The van der Waals surface area contributed by atoms with E-state index in [1.54, 1.807) is 22.6 Å². The Balaban J connectivity index is 2.03. The Morgan fingerprint density at radius 2 is 1.88 bits per heavy atom. The van der Waals surface area contributed by atoms with Crippen LogP contribution >= 0.6 is 43.2 Å². The third-order valence-corrected chi connectivity index (χ3v) is 6.23. The molecule has 0 fully saturated rings. The summed E-state index contributed by atoms with van der Waals surface area (Å²) in [5.41, 5.74) is 4.37. The molecular formula is C18H12Br2N2O2S. The van der Waals surface area contributed by atoms with Gasteiger partial charge in [0.15, 0.2) is 4.96 Å². The number of halogens is 2. The highest BCUT2D eigenvalue weighted by Gasteiger charge is 2.13. The Morgan fingerprint density at radius 3 is 2.64 bits per heavy atom. The minimum absolute atomic E-state index is 0.102. The number of fused-ring (bicyclic) bond motifs is 3. The molecular weight excluding hydrogens is 468 g/mol. The number of imidazole rings is 1. The molecule has 2 aromatic heterocycles. The number of hydrogen-bond donors (Lipinski definition) is 1. The highest BCUT2D eigenvalue weighted by molar-refractivity contribution is 9.11. The van der Waals surface area contributed by atoms with E-state index in [9.17, 15) is 9.90 Å². The highest BCUT2D eigenvalue weighted by Crippen LogP contribution is 2.32. The fourth-order valence-electron chi connectivity index (χ4n) is 2.76. The average molecular weight is 480 g/mol. The molecule has 2 heterocycles. The molecule has 0 aliphatic heterocycles. The number of phenols is 1. The summed E-state index contributed by atoms with van der Waals surface area (Å²) in [6, 6.07) is 7.53. The summed E-state index contributed by atoms with van der Waals surface area (Å²) in [6.45, 7) is 4.06. The zero-order valence-corrected chi connectivity index (χ0v) is 17.3. The van der Waals surface area contributed by atoms with Gasteiger partial charge in [0.1, 0.15) is 5.75 Å². The van der Waals surface area contributed by atoms with Crippen LogP contribution in [0.1, 0.15) is 16.7 Å². The molecule has 0 unspecified atom stereocenters. The molecule has 0 bridgehead atoms. The van der Waals surface area contributed by atoms with Crippen molar-refractivity contribution in [2.75, 3.05) is 0 Å². The van der Waals surface area contributed by atoms with Gasteiger partial charge < -0.3 is 5.11 Å². The third-order valence-electron chi connectivity index (χ3n) is 4.20. The van der Waals surface area contributed by atoms with Gasteiger partial charge in [0.2, 0.25) is 0 Å². The maximum Gasteiger partial charge on any atom is 0.274 e. The predicted octanol–water partition coefficient (Wildman–Crippen LogP) is 4.30. The van der Waals surface area contributed by atoms with Crippen LogP contribution in [0.15, 0.2) is 38.0 Å². The first kappa shape index (κ1) is 16.8. The normalized spacial score (nSPS) is 12.6. The van der Waals surface area contributed by atoms with E-state index in [1.165, 1.54) is 11.3 Å². The topological polar surface area (TPSA) is 54.6 Å². The van der Waals surface area contributed by atoms with Crippen LogP contribution in [0.2, 0.25) is 0 Å². The van der Waals surface area contributed by atoms with Crippen molar-refractivity contribution in [3.05, 3.63) is 64.8 Å². The van der Waals surface area contributed by atoms with Crippen LogP contribution < -0.4 is 10.1 Å². The van der Waals surface area contributed by atoms with Crippen molar-refractivity contribution in [3.8, 4) is 5.75 Å². The summed E-state index contributed by atoms with van der Waals surface area (Å²) >= 11 is 8.03. The van der Waals surface area contributed by atoms with Gasteiger partial charge in [-0.05, 0) is 71.2 Å². The number of benzene rings is 2. The molecule has 4 rings (SSSR count). The predicted molar refractivity (Wildman–Crippen MR) is 109 cm³/mol. The van der Waals surface area contributed by atoms with Crippen molar-refractivity contribution in [3.63, 3.8) is 0 Å². The van der Waals surface area contributed by atoms with Crippen molar-refractivity contribution >= 4 is 65.3 Å². The summed E-state index contributed by atoms with van der Waals surface area (Å²) in [5.74, 6) is 0.102. The van der Waals surface area contributed by atoms with Gasteiger partial charge >= 0.3 is 0 Å². The first-order valence-corrected chi connectivity index (χ1v) is 9.87. The molecule has 25 heavy (non-hydrogen) atoms. The largest absolute Gasteiger partial charge is 0.506 e. The molecule has 4 nitrogen and oxygen atoms in total. The van der Waals surface area contributed by atoms with Gasteiger partial charge in [0, 0.05) is 10.0 Å². The summed E-state index contributed by atoms with van der Waals surface area (Å²) in [5, 5.41) is 10.2.